The summed E-state index contributed by atoms with van der Waals surface area (Å²) in [5, 5.41) is 2.87. The minimum absolute atomic E-state index is 0.0836. The molecule has 1 heterocycles. The van der Waals surface area contributed by atoms with Crippen molar-refractivity contribution in [3.8, 4) is 0 Å². The minimum Gasteiger partial charge on any atom is -0.469 e. The second-order valence-corrected chi connectivity index (χ2v) is 5.80. The highest BCUT2D eigenvalue weighted by molar-refractivity contribution is 5.86. The van der Waals surface area contributed by atoms with Gasteiger partial charge in [-0.25, -0.2) is 0 Å². The topological polar surface area (TPSA) is 58.6 Å². The summed E-state index contributed by atoms with van der Waals surface area (Å²) in [4.78, 5) is 25.7. The number of methoxy groups -OCH3 is 1. The molecule has 1 N–H and O–H groups in total. The molecule has 1 fully saturated rings. The van der Waals surface area contributed by atoms with Crippen molar-refractivity contribution >= 4 is 11.9 Å². The number of nitrogens with one attached hydrogen (secondary N) is 1. The Balaban J connectivity index is 3.01. The molecule has 1 saturated heterocycles. The molecule has 2 unspecified atom stereocenters. The van der Waals surface area contributed by atoms with E-state index in [1.165, 1.54) is 7.11 Å². The summed E-state index contributed by atoms with van der Waals surface area (Å²) in [5.74, 6) is -0.432. The highest BCUT2D eigenvalue weighted by Gasteiger charge is 2.39. The van der Waals surface area contributed by atoms with Crippen LogP contribution in [0.15, 0.2) is 0 Å². The number of esters is 1. The molecule has 18 heavy (non-hydrogen) atoms. The quantitative estimate of drug-likeness (QED) is 0.747. The molecule has 0 bridgehead atoms. The molecule has 0 spiro atoms. The fraction of sp³-hybridized carbons (Fsp3) is 0.846. The second kappa shape index (κ2) is 5.69. The molecule has 5 nitrogen and oxygen atoms in total. The first-order valence-corrected chi connectivity index (χ1v) is 6.40. The van der Waals surface area contributed by atoms with Crippen molar-refractivity contribution in [1.29, 1.82) is 0 Å². The summed E-state index contributed by atoms with van der Waals surface area (Å²) in [5.41, 5.74) is -0.167. The van der Waals surface area contributed by atoms with E-state index in [9.17, 15) is 9.59 Å². The number of carbonyl (C=O) groups excluding carboxylic acids is 2. The van der Waals surface area contributed by atoms with Gasteiger partial charge < -0.3 is 10.1 Å². The van der Waals surface area contributed by atoms with Gasteiger partial charge in [-0.05, 0) is 34.1 Å². The van der Waals surface area contributed by atoms with Crippen molar-refractivity contribution in [2.24, 2.45) is 0 Å². The van der Waals surface area contributed by atoms with Crippen molar-refractivity contribution in [1.82, 2.24) is 10.2 Å². The Labute approximate surface area is 109 Å². The lowest BCUT2D eigenvalue weighted by atomic mass is 9.97. The lowest BCUT2D eigenvalue weighted by molar-refractivity contribution is -0.146. The van der Waals surface area contributed by atoms with Crippen LogP contribution in [0, 0.1) is 0 Å². The standard InChI is InChI=1S/C13H24N2O3/c1-9-6-7-14-12(17)10(8-11(16)18-5)15(9)13(2,3)4/h9-10H,6-8H2,1-5H3,(H,14,17). The molecule has 0 aliphatic carbocycles. The lowest BCUT2D eigenvalue weighted by Gasteiger charge is -2.43. The molecule has 1 amide bonds. The van der Waals surface area contributed by atoms with Crippen LogP contribution in [0.1, 0.15) is 40.5 Å². The normalized spacial score (nSPS) is 26.4. The van der Waals surface area contributed by atoms with Crippen LogP contribution in [-0.4, -0.2) is 48.1 Å². The van der Waals surface area contributed by atoms with Gasteiger partial charge in [0.25, 0.3) is 0 Å². The number of ether oxygens (including phenoxy) is 1. The van der Waals surface area contributed by atoms with Gasteiger partial charge in [-0.3, -0.25) is 14.5 Å². The van der Waals surface area contributed by atoms with E-state index in [1.807, 2.05) is 0 Å². The third kappa shape index (κ3) is 3.45. The monoisotopic (exact) mass is 256 g/mol. The molecule has 0 radical (unpaired) electrons. The molecule has 0 saturated carbocycles. The van der Waals surface area contributed by atoms with Crippen LogP contribution in [-0.2, 0) is 14.3 Å². The number of hydrogen-bond donors (Lipinski definition) is 1. The first-order valence-electron chi connectivity index (χ1n) is 6.40. The van der Waals surface area contributed by atoms with Gasteiger partial charge in [0.2, 0.25) is 5.91 Å². The van der Waals surface area contributed by atoms with Crippen molar-refractivity contribution < 1.29 is 14.3 Å². The van der Waals surface area contributed by atoms with Gasteiger partial charge in [-0.15, -0.1) is 0 Å². The van der Waals surface area contributed by atoms with Crippen LogP contribution in [0.4, 0.5) is 0 Å². The van der Waals surface area contributed by atoms with E-state index in [-0.39, 0.29) is 29.9 Å². The molecule has 0 aromatic heterocycles. The second-order valence-electron chi connectivity index (χ2n) is 5.80. The summed E-state index contributed by atoms with van der Waals surface area (Å²) in [6.45, 7) is 8.94. The van der Waals surface area contributed by atoms with Gasteiger partial charge in [-0.1, -0.05) is 0 Å². The van der Waals surface area contributed by atoms with E-state index in [2.05, 4.69) is 37.9 Å². The van der Waals surface area contributed by atoms with Crippen molar-refractivity contribution in [3.63, 3.8) is 0 Å². The molecule has 0 aromatic carbocycles. The van der Waals surface area contributed by atoms with E-state index in [4.69, 9.17) is 4.74 Å². The molecule has 2 atom stereocenters. The zero-order valence-corrected chi connectivity index (χ0v) is 11.9. The Morgan fingerprint density at radius 2 is 2.11 bits per heavy atom. The summed E-state index contributed by atoms with van der Waals surface area (Å²) in [6, 6.07) is -0.200. The van der Waals surface area contributed by atoms with Crippen molar-refractivity contribution in [2.45, 2.75) is 58.2 Å². The maximum Gasteiger partial charge on any atom is 0.307 e. The van der Waals surface area contributed by atoms with Crippen LogP contribution in [0.25, 0.3) is 0 Å². The van der Waals surface area contributed by atoms with Crippen LogP contribution >= 0.6 is 0 Å². The van der Waals surface area contributed by atoms with Gasteiger partial charge in [0.15, 0.2) is 0 Å². The van der Waals surface area contributed by atoms with Crippen LogP contribution < -0.4 is 5.32 Å². The number of amides is 1. The number of hydrogen-bond acceptors (Lipinski definition) is 4. The average Bonchev–Trinajstić information content (AvgIpc) is 2.38. The lowest BCUT2D eigenvalue weighted by Crippen LogP contribution is -2.56. The molecule has 104 valence electrons. The van der Waals surface area contributed by atoms with E-state index in [0.29, 0.717) is 6.54 Å². The number of nitrogens with zero attached hydrogens (tertiary/aromatic N) is 1. The Hall–Kier alpha value is -1.10. The van der Waals surface area contributed by atoms with E-state index >= 15 is 0 Å². The van der Waals surface area contributed by atoms with Gasteiger partial charge in [0.1, 0.15) is 6.04 Å². The number of carbonyl (C=O) groups is 2. The molecule has 1 aliphatic heterocycles. The van der Waals surface area contributed by atoms with E-state index in [1.54, 1.807) is 0 Å². The zero-order valence-electron chi connectivity index (χ0n) is 11.9. The maximum atomic E-state index is 12.1. The summed E-state index contributed by atoms with van der Waals surface area (Å²) < 4.78 is 4.69. The van der Waals surface area contributed by atoms with Crippen LogP contribution in [0.3, 0.4) is 0 Å². The third-order valence-electron chi connectivity index (χ3n) is 3.34. The van der Waals surface area contributed by atoms with E-state index < -0.39 is 6.04 Å². The molecule has 1 rings (SSSR count). The smallest absolute Gasteiger partial charge is 0.307 e. The summed E-state index contributed by atoms with van der Waals surface area (Å²) in [7, 11) is 1.35. The number of rotatable bonds is 2. The van der Waals surface area contributed by atoms with E-state index in [0.717, 1.165) is 6.42 Å². The van der Waals surface area contributed by atoms with Gasteiger partial charge >= 0.3 is 5.97 Å². The average molecular weight is 256 g/mol. The maximum absolute atomic E-state index is 12.1. The van der Waals surface area contributed by atoms with Gasteiger partial charge in [0, 0.05) is 18.1 Å². The third-order valence-corrected chi connectivity index (χ3v) is 3.34. The van der Waals surface area contributed by atoms with Gasteiger partial charge in [0.05, 0.1) is 13.5 Å². The highest BCUT2D eigenvalue weighted by Crippen LogP contribution is 2.25. The fourth-order valence-electron chi connectivity index (χ4n) is 2.66. The molecular formula is C13H24N2O3. The minimum atomic E-state index is -0.449. The summed E-state index contributed by atoms with van der Waals surface area (Å²) >= 11 is 0. The first-order chi connectivity index (χ1) is 8.27. The predicted molar refractivity (Wildman–Crippen MR) is 69.1 cm³/mol. The molecular weight excluding hydrogens is 232 g/mol. The Bertz CT molecular complexity index is 323. The van der Waals surface area contributed by atoms with Crippen LogP contribution in [0.2, 0.25) is 0 Å². The Morgan fingerprint density at radius 1 is 1.50 bits per heavy atom. The fourth-order valence-corrected chi connectivity index (χ4v) is 2.66. The predicted octanol–water partition coefficient (Wildman–Crippen LogP) is 0.927. The Kier molecular flexibility index (Phi) is 4.73. The SMILES string of the molecule is COC(=O)CC1C(=O)NCCC(C)N1C(C)(C)C. The molecule has 5 heteroatoms. The Morgan fingerprint density at radius 3 is 2.61 bits per heavy atom. The van der Waals surface area contributed by atoms with Gasteiger partial charge in [-0.2, -0.15) is 0 Å². The zero-order chi connectivity index (χ0) is 13.9. The molecule has 1 aliphatic rings. The largest absolute Gasteiger partial charge is 0.469 e. The van der Waals surface area contributed by atoms with Crippen molar-refractivity contribution in [2.75, 3.05) is 13.7 Å². The molecule has 0 aromatic rings. The highest BCUT2D eigenvalue weighted by atomic mass is 16.5. The summed E-state index contributed by atoms with van der Waals surface area (Å²) in [6.07, 6.45) is 0.991. The first kappa shape index (κ1) is 15.0. The van der Waals surface area contributed by atoms with Crippen molar-refractivity contribution in [3.05, 3.63) is 0 Å². The van der Waals surface area contributed by atoms with Crippen LogP contribution in [0.5, 0.6) is 0 Å².